The van der Waals surface area contributed by atoms with Crippen LogP contribution in [0.25, 0.3) is 11.0 Å². The number of furan rings is 1. The predicted molar refractivity (Wildman–Crippen MR) is 80.0 cm³/mol. The van der Waals surface area contributed by atoms with Crippen molar-refractivity contribution in [2.45, 2.75) is 26.2 Å². The maximum atomic E-state index is 5.97. The molecule has 3 heteroatoms. The highest BCUT2D eigenvalue weighted by molar-refractivity contribution is 5.82. The number of rotatable bonds is 1. The summed E-state index contributed by atoms with van der Waals surface area (Å²) in [5.74, 6) is 1.00. The van der Waals surface area contributed by atoms with Crippen LogP contribution in [0, 0.1) is 0 Å². The van der Waals surface area contributed by atoms with Gasteiger partial charge in [0.1, 0.15) is 5.58 Å². The van der Waals surface area contributed by atoms with Crippen LogP contribution < -0.4 is 10.2 Å². The molecule has 3 rings (SSSR count). The van der Waals surface area contributed by atoms with Crippen molar-refractivity contribution in [2.75, 3.05) is 31.1 Å². The van der Waals surface area contributed by atoms with Crippen molar-refractivity contribution in [2.24, 2.45) is 0 Å². The largest absolute Gasteiger partial charge is 0.441 e. The summed E-state index contributed by atoms with van der Waals surface area (Å²) in [6, 6.07) is 8.70. The van der Waals surface area contributed by atoms with E-state index in [0.29, 0.717) is 0 Å². The summed E-state index contributed by atoms with van der Waals surface area (Å²) in [4.78, 5) is 2.31. The predicted octanol–water partition coefficient (Wildman–Crippen LogP) is 3.14. The van der Waals surface area contributed by atoms with Crippen LogP contribution in [0.3, 0.4) is 0 Å². The third-order valence-electron chi connectivity index (χ3n) is 3.80. The first-order chi connectivity index (χ1) is 9.04. The Kier molecular flexibility index (Phi) is 3.02. The first-order valence-electron chi connectivity index (χ1n) is 7.04. The van der Waals surface area contributed by atoms with Crippen LogP contribution in [-0.2, 0) is 5.41 Å². The van der Waals surface area contributed by atoms with Crippen LogP contribution >= 0.6 is 0 Å². The highest BCUT2D eigenvalue weighted by atomic mass is 16.4. The van der Waals surface area contributed by atoms with Crippen LogP contribution in [0.5, 0.6) is 0 Å². The number of fused-ring (bicyclic) bond motifs is 1. The lowest BCUT2D eigenvalue weighted by Crippen LogP contribution is -2.43. The lowest BCUT2D eigenvalue weighted by Gasteiger charge is -2.26. The number of benzene rings is 1. The van der Waals surface area contributed by atoms with Gasteiger partial charge in [-0.15, -0.1) is 0 Å². The summed E-state index contributed by atoms with van der Waals surface area (Å²) in [5.41, 5.74) is 2.52. The van der Waals surface area contributed by atoms with Gasteiger partial charge < -0.3 is 14.6 Å². The molecule has 1 aliphatic heterocycles. The molecule has 19 heavy (non-hydrogen) atoms. The summed E-state index contributed by atoms with van der Waals surface area (Å²) in [6.07, 6.45) is 0. The topological polar surface area (TPSA) is 28.4 Å². The molecule has 1 N–H and O–H groups in total. The van der Waals surface area contributed by atoms with Gasteiger partial charge in [-0.05, 0) is 23.1 Å². The van der Waals surface area contributed by atoms with E-state index in [1.165, 1.54) is 10.9 Å². The molecular weight excluding hydrogens is 236 g/mol. The summed E-state index contributed by atoms with van der Waals surface area (Å²) in [5, 5.41) is 4.57. The van der Waals surface area contributed by atoms with Gasteiger partial charge in [-0.1, -0.05) is 26.8 Å². The van der Waals surface area contributed by atoms with Gasteiger partial charge in [0.15, 0.2) is 5.88 Å². The van der Waals surface area contributed by atoms with E-state index in [-0.39, 0.29) is 5.41 Å². The molecule has 2 aromatic rings. The highest BCUT2D eigenvalue weighted by Gasteiger charge is 2.17. The van der Waals surface area contributed by atoms with Crippen LogP contribution in [0.2, 0.25) is 0 Å². The first kappa shape index (κ1) is 12.5. The molecule has 0 radical (unpaired) electrons. The van der Waals surface area contributed by atoms with E-state index in [1.54, 1.807) is 0 Å². The van der Waals surface area contributed by atoms with Gasteiger partial charge >= 0.3 is 0 Å². The molecule has 2 heterocycles. The third kappa shape index (κ3) is 2.47. The minimum absolute atomic E-state index is 0.181. The minimum atomic E-state index is 0.181. The van der Waals surface area contributed by atoms with E-state index < -0.39 is 0 Å². The SMILES string of the molecule is CC(C)(C)c1ccc2oc(N3CCNCC3)cc2c1. The number of nitrogens with zero attached hydrogens (tertiary/aromatic N) is 1. The third-order valence-corrected chi connectivity index (χ3v) is 3.80. The quantitative estimate of drug-likeness (QED) is 0.852. The maximum Gasteiger partial charge on any atom is 0.196 e. The van der Waals surface area contributed by atoms with Crippen molar-refractivity contribution in [3.05, 3.63) is 29.8 Å². The molecule has 0 unspecified atom stereocenters. The van der Waals surface area contributed by atoms with E-state index in [1.807, 2.05) is 0 Å². The molecule has 0 atom stereocenters. The molecule has 0 amide bonds. The molecule has 1 aliphatic rings. The Morgan fingerprint density at radius 1 is 1.11 bits per heavy atom. The molecule has 0 bridgehead atoms. The van der Waals surface area contributed by atoms with Gasteiger partial charge in [-0.2, -0.15) is 0 Å². The van der Waals surface area contributed by atoms with Crippen molar-refractivity contribution >= 4 is 16.9 Å². The van der Waals surface area contributed by atoms with Gasteiger partial charge in [0, 0.05) is 37.6 Å². The molecule has 0 spiro atoms. The number of piperazine rings is 1. The molecule has 1 saturated heterocycles. The second-order valence-electron chi connectivity index (χ2n) is 6.32. The first-order valence-corrected chi connectivity index (χ1v) is 7.04. The second-order valence-corrected chi connectivity index (χ2v) is 6.32. The fourth-order valence-corrected chi connectivity index (χ4v) is 2.54. The summed E-state index contributed by atoms with van der Waals surface area (Å²) in [6.45, 7) is 10.8. The molecule has 1 aromatic carbocycles. The average molecular weight is 258 g/mol. The number of anilines is 1. The Hall–Kier alpha value is -1.48. The lowest BCUT2D eigenvalue weighted by molar-refractivity contribution is 0.527. The fourth-order valence-electron chi connectivity index (χ4n) is 2.54. The lowest BCUT2D eigenvalue weighted by atomic mass is 9.86. The Morgan fingerprint density at radius 3 is 2.53 bits per heavy atom. The van der Waals surface area contributed by atoms with Gasteiger partial charge in [0.2, 0.25) is 0 Å². The zero-order valence-electron chi connectivity index (χ0n) is 12.0. The number of nitrogens with one attached hydrogen (secondary N) is 1. The Balaban J connectivity index is 1.96. The Labute approximate surface area is 114 Å². The zero-order chi connectivity index (χ0) is 13.5. The maximum absolute atomic E-state index is 5.97. The van der Waals surface area contributed by atoms with Crippen LogP contribution in [-0.4, -0.2) is 26.2 Å². The zero-order valence-corrected chi connectivity index (χ0v) is 12.0. The van der Waals surface area contributed by atoms with Crippen LogP contribution in [0.15, 0.2) is 28.7 Å². The summed E-state index contributed by atoms with van der Waals surface area (Å²) >= 11 is 0. The normalized spacial score (nSPS) is 17.1. The summed E-state index contributed by atoms with van der Waals surface area (Å²) < 4.78 is 5.97. The fraction of sp³-hybridized carbons (Fsp3) is 0.500. The standard InChI is InChI=1S/C16H22N2O/c1-16(2,3)13-4-5-14-12(10-13)11-15(19-14)18-8-6-17-7-9-18/h4-5,10-11,17H,6-9H2,1-3H3. The Bertz CT molecular complexity index is 574. The minimum Gasteiger partial charge on any atom is -0.441 e. The second kappa shape index (κ2) is 4.57. The van der Waals surface area contributed by atoms with E-state index in [0.717, 1.165) is 37.6 Å². The van der Waals surface area contributed by atoms with E-state index >= 15 is 0 Å². The van der Waals surface area contributed by atoms with Gasteiger partial charge in [-0.3, -0.25) is 0 Å². The molecule has 0 saturated carbocycles. The molecule has 102 valence electrons. The van der Waals surface area contributed by atoms with Crippen LogP contribution in [0.1, 0.15) is 26.3 Å². The molecular formula is C16H22N2O. The number of hydrogen-bond acceptors (Lipinski definition) is 3. The van der Waals surface area contributed by atoms with Crippen molar-refractivity contribution in [1.82, 2.24) is 5.32 Å². The van der Waals surface area contributed by atoms with Crippen molar-refractivity contribution in [3.8, 4) is 0 Å². The summed E-state index contributed by atoms with van der Waals surface area (Å²) in [7, 11) is 0. The van der Waals surface area contributed by atoms with Crippen molar-refractivity contribution in [3.63, 3.8) is 0 Å². The smallest absolute Gasteiger partial charge is 0.196 e. The van der Waals surface area contributed by atoms with E-state index in [2.05, 4.69) is 55.3 Å². The van der Waals surface area contributed by atoms with Gasteiger partial charge in [-0.25, -0.2) is 0 Å². The van der Waals surface area contributed by atoms with E-state index in [4.69, 9.17) is 4.42 Å². The molecule has 3 nitrogen and oxygen atoms in total. The Morgan fingerprint density at radius 2 is 1.84 bits per heavy atom. The molecule has 1 fully saturated rings. The van der Waals surface area contributed by atoms with Gasteiger partial charge in [0.25, 0.3) is 0 Å². The van der Waals surface area contributed by atoms with Crippen LogP contribution in [0.4, 0.5) is 5.88 Å². The van der Waals surface area contributed by atoms with E-state index in [9.17, 15) is 0 Å². The highest BCUT2D eigenvalue weighted by Crippen LogP contribution is 2.30. The van der Waals surface area contributed by atoms with Gasteiger partial charge in [0.05, 0.1) is 0 Å². The molecule has 1 aromatic heterocycles. The molecule has 0 aliphatic carbocycles. The van der Waals surface area contributed by atoms with Crippen molar-refractivity contribution < 1.29 is 4.42 Å². The van der Waals surface area contributed by atoms with Crippen molar-refractivity contribution in [1.29, 1.82) is 0 Å². The monoisotopic (exact) mass is 258 g/mol. The average Bonchev–Trinajstić information content (AvgIpc) is 2.81. The number of hydrogen-bond donors (Lipinski definition) is 1.